The number of carboxylic acid groups (broad SMARTS) is 1. The molecule has 1 atom stereocenters. The summed E-state index contributed by atoms with van der Waals surface area (Å²) in [6, 6.07) is 26.7. The van der Waals surface area contributed by atoms with Crippen molar-refractivity contribution in [3.63, 3.8) is 0 Å². The van der Waals surface area contributed by atoms with Gasteiger partial charge in [0.1, 0.15) is 31.3 Å². The van der Waals surface area contributed by atoms with Crippen molar-refractivity contribution in [2.24, 2.45) is 0 Å². The predicted molar refractivity (Wildman–Crippen MR) is 251 cm³/mol. The van der Waals surface area contributed by atoms with Crippen LogP contribution in [0.15, 0.2) is 104 Å². The molecule has 5 heterocycles. The Labute approximate surface area is 387 Å². The van der Waals surface area contributed by atoms with E-state index in [-0.39, 0.29) is 24.8 Å². The molecule has 7 aromatic rings. The first-order valence-corrected chi connectivity index (χ1v) is 23.1. The molecule has 0 bridgehead atoms. The van der Waals surface area contributed by atoms with E-state index in [4.69, 9.17) is 44.9 Å². The summed E-state index contributed by atoms with van der Waals surface area (Å²) in [5.41, 5.74) is 6.64. The van der Waals surface area contributed by atoms with Crippen LogP contribution in [0.1, 0.15) is 53.3 Å². The van der Waals surface area contributed by atoms with E-state index in [9.17, 15) is 9.90 Å². The van der Waals surface area contributed by atoms with Gasteiger partial charge in [-0.05, 0) is 84.9 Å². The van der Waals surface area contributed by atoms with Crippen molar-refractivity contribution in [3.8, 4) is 45.8 Å². The van der Waals surface area contributed by atoms with E-state index in [0.29, 0.717) is 52.7 Å². The number of carboxylic acids is 1. The summed E-state index contributed by atoms with van der Waals surface area (Å²) in [6.07, 6.45) is 7.07. The topological polar surface area (TPSA) is 145 Å². The van der Waals surface area contributed by atoms with Crippen LogP contribution in [0.5, 0.6) is 23.3 Å². The molecule has 65 heavy (non-hydrogen) atoms. The molecule has 3 aromatic carbocycles. The van der Waals surface area contributed by atoms with Crippen molar-refractivity contribution in [3.05, 3.63) is 137 Å². The van der Waals surface area contributed by atoms with Gasteiger partial charge in [0.25, 0.3) is 0 Å². The molecule has 1 aliphatic carbocycles. The third-order valence-corrected chi connectivity index (χ3v) is 13.3. The zero-order valence-corrected chi connectivity index (χ0v) is 37.9. The zero-order valence-electron chi connectivity index (χ0n) is 36.4. The van der Waals surface area contributed by atoms with Crippen LogP contribution in [0, 0.1) is 6.92 Å². The molecule has 1 saturated carbocycles. The highest BCUT2D eigenvalue weighted by molar-refractivity contribution is 7.13. The summed E-state index contributed by atoms with van der Waals surface area (Å²) in [6.45, 7) is 8.01. The highest BCUT2D eigenvalue weighted by Crippen LogP contribution is 2.48. The number of benzene rings is 3. The fraction of sp³-hybridized carbons (Fsp3) is 0.320. The number of likely N-dealkylation sites (N-methyl/N-ethyl adjacent to an activating group) is 1. The van der Waals surface area contributed by atoms with Crippen molar-refractivity contribution < 1.29 is 28.8 Å². The minimum absolute atomic E-state index is 0.0187. The average molecular weight is 913 g/mol. The lowest BCUT2D eigenvalue weighted by Gasteiger charge is -2.32. The largest absolute Gasteiger partial charge is 0.491 e. The quantitative estimate of drug-likeness (QED) is 0.0874. The summed E-state index contributed by atoms with van der Waals surface area (Å²) in [5, 5.41) is 11.9. The highest BCUT2D eigenvalue weighted by Gasteiger charge is 2.31. The van der Waals surface area contributed by atoms with E-state index in [0.717, 1.165) is 95.6 Å². The van der Waals surface area contributed by atoms with E-state index >= 15 is 0 Å². The molecule has 13 nitrogen and oxygen atoms in total. The fourth-order valence-electron chi connectivity index (χ4n) is 8.09. The van der Waals surface area contributed by atoms with Crippen LogP contribution in [0.2, 0.25) is 5.02 Å². The number of halogens is 1. The van der Waals surface area contributed by atoms with Crippen molar-refractivity contribution in [1.29, 1.82) is 0 Å². The normalized spacial score (nSPS) is 15.1. The molecule has 1 N–H and O–H groups in total. The molecular weight excluding hydrogens is 862 g/mol. The van der Waals surface area contributed by atoms with Gasteiger partial charge in [-0.1, -0.05) is 72.6 Å². The van der Waals surface area contributed by atoms with Gasteiger partial charge in [-0.25, -0.2) is 19.7 Å². The SMILES string of the molecule is Cc1c(-c2c(C3CCC3)ncc3snc(OC(Cc4ccccc4OCc4ccnc(-c5ccc(OCc6ccccc6)nc5)n4)C(=O)O)c23)ccc(OCCN2CCN(C)CC2)c1Cl. The Morgan fingerprint density at radius 3 is 2.46 bits per heavy atom. The van der Waals surface area contributed by atoms with E-state index in [1.807, 2.05) is 85.9 Å². The number of fused-ring (bicyclic) bond motifs is 1. The number of pyridine rings is 2. The van der Waals surface area contributed by atoms with Crippen LogP contribution in [0.25, 0.3) is 32.6 Å². The number of hydrogen-bond acceptors (Lipinski definition) is 13. The molecule has 9 rings (SSSR count). The smallest absolute Gasteiger partial charge is 0.345 e. The minimum Gasteiger partial charge on any atom is -0.491 e. The van der Waals surface area contributed by atoms with Crippen LogP contribution in [0.3, 0.4) is 0 Å². The summed E-state index contributed by atoms with van der Waals surface area (Å²) >= 11 is 8.32. The van der Waals surface area contributed by atoms with E-state index in [2.05, 4.69) is 26.8 Å². The number of aromatic nitrogens is 5. The van der Waals surface area contributed by atoms with E-state index in [1.165, 1.54) is 11.5 Å². The van der Waals surface area contributed by atoms with Crippen molar-refractivity contribution >= 4 is 39.2 Å². The summed E-state index contributed by atoms with van der Waals surface area (Å²) in [5.74, 6) is 1.51. The number of piperazine rings is 1. The first-order valence-electron chi connectivity index (χ1n) is 21.9. The molecule has 4 aromatic heterocycles. The fourth-order valence-corrected chi connectivity index (χ4v) is 9.01. The molecule has 334 valence electrons. The molecule has 1 saturated heterocycles. The second kappa shape index (κ2) is 20.3. The third kappa shape index (κ3) is 10.4. The van der Waals surface area contributed by atoms with E-state index in [1.54, 1.807) is 24.5 Å². The van der Waals surface area contributed by atoms with Crippen LogP contribution in [-0.2, 0) is 24.4 Å². The zero-order chi connectivity index (χ0) is 44.7. The number of ether oxygens (including phenoxy) is 4. The van der Waals surface area contributed by atoms with Crippen molar-refractivity contribution in [2.75, 3.05) is 46.4 Å². The number of hydrogen-bond donors (Lipinski definition) is 1. The molecule has 1 unspecified atom stereocenters. The maximum atomic E-state index is 13.0. The number of rotatable bonds is 18. The summed E-state index contributed by atoms with van der Waals surface area (Å²) in [4.78, 5) is 36.4. The number of aliphatic carboxylic acids is 1. The van der Waals surface area contributed by atoms with Crippen LogP contribution in [-0.4, -0.2) is 97.7 Å². The summed E-state index contributed by atoms with van der Waals surface area (Å²) < 4.78 is 30.3. The molecular formula is C50H50ClN7O6S. The Morgan fingerprint density at radius 2 is 1.69 bits per heavy atom. The van der Waals surface area contributed by atoms with Gasteiger partial charge >= 0.3 is 5.97 Å². The number of carbonyl (C=O) groups is 1. The highest BCUT2D eigenvalue weighted by atomic mass is 35.5. The molecule has 2 aliphatic rings. The standard InChI is InChI=1S/C50H50ClN7O6S/c1-32-38(16-17-40(46(32)51)61-26-25-58-23-21-57(2)22-24-58)44-45-42(29-54-47(44)34-12-8-13-34)65-56-49(45)64-41(50(59)60)27-35-11-6-7-14-39(35)62-31-37-19-20-52-48(55-37)36-15-18-43(53-28-36)63-30-33-9-4-3-5-10-33/h3-7,9-11,14-20,28-29,34,41H,8,12-13,21-27,30-31H2,1-2H3,(H,59,60). The molecule has 2 fully saturated rings. The Kier molecular flexibility index (Phi) is 13.8. The number of para-hydroxylation sites is 1. The second-order valence-electron chi connectivity index (χ2n) is 16.5. The monoisotopic (exact) mass is 911 g/mol. The van der Waals surface area contributed by atoms with Crippen LogP contribution >= 0.6 is 23.1 Å². The minimum atomic E-state index is -1.28. The molecule has 0 spiro atoms. The predicted octanol–water partition coefficient (Wildman–Crippen LogP) is 9.30. The maximum absolute atomic E-state index is 13.0. The van der Waals surface area contributed by atoms with Gasteiger partial charge in [0.15, 0.2) is 5.82 Å². The van der Waals surface area contributed by atoms with Gasteiger partial charge in [-0.2, -0.15) is 4.37 Å². The Bertz CT molecular complexity index is 2750. The van der Waals surface area contributed by atoms with Gasteiger partial charge in [-0.3, -0.25) is 9.88 Å². The lowest BCUT2D eigenvalue weighted by atomic mass is 9.79. The van der Waals surface area contributed by atoms with E-state index < -0.39 is 12.1 Å². The second-order valence-corrected chi connectivity index (χ2v) is 17.7. The molecule has 1 aliphatic heterocycles. The Morgan fingerprint density at radius 1 is 0.877 bits per heavy atom. The average Bonchev–Trinajstić information content (AvgIpc) is 3.72. The van der Waals surface area contributed by atoms with Crippen molar-refractivity contribution in [2.45, 2.75) is 57.8 Å². The van der Waals surface area contributed by atoms with Gasteiger partial charge in [0.2, 0.25) is 17.9 Å². The first-order chi connectivity index (χ1) is 31.8. The molecule has 0 amide bonds. The van der Waals surface area contributed by atoms with Gasteiger partial charge in [0.05, 0.1) is 26.5 Å². The van der Waals surface area contributed by atoms with Crippen molar-refractivity contribution in [1.82, 2.24) is 34.1 Å². The van der Waals surface area contributed by atoms with Crippen LogP contribution in [0.4, 0.5) is 0 Å². The Hall–Kier alpha value is -6.19. The first kappa shape index (κ1) is 44.0. The lowest BCUT2D eigenvalue weighted by molar-refractivity contribution is -0.145. The lowest BCUT2D eigenvalue weighted by Crippen LogP contribution is -2.45. The third-order valence-electron chi connectivity index (χ3n) is 12.1. The Balaban J connectivity index is 0.912. The van der Waals surface area contributed by atoms with Gasteiger partial charge in [0, 0.05) is 80.8 Å². The molecule has 0 radical (unpaired) electrons. The number of nitrogens with zero attached hydrogens (tertiary/aromatic N) is 7. The maximum Gasteiger partial charge on any atom is 0.345 e. The van der Waals surface area contributed by atoms with Gasteiger partial charge < -0.3 is 29.0 Å². The van der Waals surface area contributed by atoms with Crippen LogP contribution < -0.4 is 18.9 Å². The summed E-state index contributed by atoms with van der Waals surface area (Å²) in [7, 11) is 2.15. The van der Waals surface area contributed by atoms with Gasteiger partial charge in [-0.15, -0.1) is 0 Å². The molecule has 15 heteroatoms.